The Labute approximate surface area is 109 Å². The Morgan fingerprint density at radius 2 is 1.94 bits per heavy atom. The number of halogens is 3. The molecule has 0 saturated heterocycles. The van der Waals surface area contributed by atoms with Crippen LogP contribution in [0.1, 0.15) is 31.9 Å². The van der Waals surface area contributed by atoms with E-state index in [4.69, 9.17) is 0 Å². The van der Waals surface area contributed by atoms with Gasteiger partial charge in [-0.1, -0.05) is 22.9 Å². The smallest absolute Gasteiger partial charge is 0.132 e. The van der Waals surface area contributed by atoms with Crippen molar-refractivity contribution in [2.24, 2.45) is 0 Å². The summed E-state index contributed by atoms with van der Waals surface area (Å²) >= 11 is 3.06. The molecule has 1 atom stereocenters. The van der Waals surface area contributed by atoms with E-state index in [-0.39, 0.29) is 5.56 Å². The van der Waals surface area contributed by atoms with Gasteiger partial charge in [0.05, 0.1) is 0 Å². The summed E-state index contributed by atoms with van der Waals surface area (Å²) in [5.41, 5.74) is 0.0535. The van der Waals surface area contributed by atoms with Gasteiger partial charge in [0.2, 0.25) is 0 Å². The van der Waals surface area contributed by atoms with Gasteiger partial charge in [-0.15, -0.1) is 11.8 Å². The van der Waals surface area contributed by atoms with E-state index in [9.17, 15) is 8.78 Å². The maximum absolute atomic E-state index is 13.8. The van der Waals surface area contributed by atoms with Crippen molar-refractivity contribution in [1.29, 1.82) is 0 Å². The predicted molar refractivity (Wildman–Crippen MR) is 68.5 cm³/mol. The zero-order valence-electron chi connectivity index (χ0n) is 9.78. The lowest BCUT2D eigenvalue weighted by Crippen LogP contribution is -2.22. The molecule has 0 aliphatic rings. The van der Waals surface area contributed by atoms with E-state index < -0.39 is 17.7 Å². The summed E-state index contributed by atoms with van der Waals surface area (Å²) in [5, 5.41) is 3.04. The van der Waals surface area contributed by atoms with Crippen molar-refractivity contribution < 1.29 is 8.78 Å². The standard InChI is InChI=1S/C13H14BrF2N/c1-3-5-6-12(17-4-2)13-10(15)7-9(14)8-11(13)16/h7-8,12,17H,4,6H2,1-2H3. The van der Waals surface area contributed by atoms with Crippen LogP contribution in [0, 0.1) is 23.5 Å². The minimum absolute atomic E-state index is 0.0535. The molecule has 17 heavy (non-hydrogen) atoms. The van der Waals surface area contributed by atoms with Gasteiger partial charge in [0.1, 0.15) is 11.6 Å². The first kappa shape index (κ1) is 14.1. The molecule has 1 rings (SSSR count). The molecule has 0 aliphatic carbocycles. The Balaban J connectivity index is 3.11. The van der Waals surface area contributed by atoms with Crippen LogP contribution in [0.5, 0.6) is 0 Å². The van der Waals surface area contributed by atoms with Crippen LogP contribution >= 0.6 is 15.9 Å². The van der Waals surface area contributed by atoms with Crippen molar-refractivity contribution >= 4 is 15.9 Å². The first-order chi connectivity index (χ1) is 8.10. The number of nitrogens with one attached hydrogen (secondary N) is 1. The second-order valence-corrected chi connectivity index (χ2v) is 4.44. The van der Waals surface area contributed by atoms with Gasteiger partial charge in [0.15, 0.2) is 0 Å². The van der Waals surface area contributed by atoms with Crippen LogP contribution in [-0.4, -0.2) is 6.54 Å². The van der Waals surface area contributed by atoms with Gasteiger partial charge in [-0.2, -0.15) is 0 Å². The summed E-state index contributed by atoms with van der Waals surface area (Å²) in [7, 11) is 0. The van der Waals surface area contributed by atoms with Crippen LogP contribution in [-0.2, 0) is 0 Å². The minimum Gasteiger partial charge on any atom is -0.309 e. The zero-order valence-corrected chi connectivity index (χ0v) is 11.4. The van der Waals surface area contributed by atoms with Crippen molar-refractivity contribution in [3.8, 4) is 11.8 Å². The number of rotatable bonds is 4. The van der Waals surface area contributed by atoms with Gasteiger partial charge < -0.3 is 5.32 Å². The second-order valence-electron chi connectivity index (χ2n) is 3.52. The van der Waals surface area contributed by atoms with E-state index in [1.165, 1.54) is 12.1 Å². The first-order valence-electron chi connectivity index (χ1n) is 5.37. The number of benzene rings is 1. The van der Waals surface area contributed by atoms with Crippen LogP contribution in [0.25, 0.3) is 0 Å². The van der Waals surface area contributed by atoms with E-state index in [1.54, 1.807) is 6.92 Å². The SMILES string of the molecule is CC#CCC(NCC)c1c(F)cc(Br)cc1F. The van der Waals surface area contributed by atoms with Crippen molar-refractivity contribution in [2.75, 3.05) is 6.54 Å². The average Bonchev–Trinajstić information content (AvgIpc) is 2.24. The minimum atomic E-state index is -0.555. The van der Waals surface area contributed by atoms with Crippen LogP contribution in [0.4, 0.5) is 8.78 Å². The fourth-order valence-electron chi connectivity index (χ4n) is 1.61. The van der Waals surface area contributed by atoms with E-state index in [1.807, 2.05) is 6.92 Å². The van der Waals surface area contributed by atoms with Gasteiger partial charge in [0.25, 0.3) is 0 Å². The molecule has 1 N–H and O–H groups in total. The van der Waals surface area contributed by atoms with Crippen molar-refractivity contribution in [2.45, 2.75) is 26.3 Å². The Morgan fingerprint density at radius 3 is 2.41 bits per heavy atom. The summed E-state index contributed by atoms with van der Waals surface area (Å²) in [4.78, 5) is 0. The molecule has 0 spiro atoms. The van der Waals surface area contributed by atoms with Gasteiger partial charge in [-0.05, 0) is 25.6 Å². The molecular formula is C13H14BrF2N. The van der Waals surface area contributed by atoms with E-state index >= 15 is 0 Å². The molecule has 1 nitrogen and oxygen atoms in total. The van der Waals surface area contributed by atoms with E-state index in [0.29, 0.717) is 17.4 Å². The third-order valence-electron chi connectivity index (χ3n) is 2.33. The summed E-state index contributed by atoms with van der Waals surface area (Å²) in [6.45, 7) is 4.23. The third kappa shape index (κ3) is 3.79. The third-order valence-corrected chi connectivity index (χ3v) is 2.78. The molecule has 0 aromatic heterocycles. The zero-order chi connectivity index (χ0) is 12.8. The maximum atomic E-state index is 13.8. The van der Waals surface area contributed by atoms with Crippen LogP contribution < -0.4 is 5.32 Å². The lowest BCUT2D eigenvalue weighted by atomic mass is 10.0. The average molecular weight is 302 g/mol. The fraction of sp³-hybridized carbons (Fsp3) is 0.385. The number of hydrogen-bond acceptors (Lipinski definition) is 1. The lowest BCUT2D eigenvalue weighted by Gasteiger charge is -2.17. The predicted octanol–water partition coefficient (Wildman–Crippen LogP) is 3.79. The molecule has 0 bridgehead atoms. The summed E-state index contributed by atoms with van der Waals surface area (Å²) in [6, 6.07) is 2.12. The molecule has 4 heteroatoms. The Bertz CT molecular complexity index is 425. The lowest BCUT2D eigenvalue weighted by molar-refractivity contribution is 0.480. The molecule has 92 valence electrons. The van der Waals surface area contributed by atoms with Crippen LogP contribution in [0.3, 0.4) is 0 Å². The van der Waals surface area contributed by atoms with E-state index in [0.717, 1.165) is 0 Å². The van der Waals surface area contributed by atoms with Gasteiger partial charge in [0, 0.05) is 22.5 Å². The Morgan fingerprint density at radius 1 is 1.35 bits per heavy atom. The number of hydrogen-bond donors (Lipinski definition) is 1. The Kier molecular flexibility index (Phi) is 5.60. The fourth-order valence-corrected chi connectivity index (χ4v) is 2.02. The van der Waals surface area contributed by atoms with Crippen molar-refractivity contribution in [1.82, 2.24) is 5.32 Å². The van der Waals surface area contributed by atoms with E-state index in [2.05, 4.69) is 33.1 Å². The molecule has 1 unspecified atom stereocenters. The molecular weight excluding hydrogens is 288 g/mol. The quantitative estimate of drug-likeness (QED) is 0.834. The highest BCUT2D eigenvalue weighted by atomic mass is 79.9. The highest BCUT2D eigenvalue weighted by Gasteiger charge is 2.19. The first-order valence-corrected chi connectivity index (χ1v) is 6.16. The molecule has 0 amide bonds. The maximum Gasteiger partial charge on any atom is 0.132 e. The molecule has 1 aromatic rings. The summed E-state index contributed by atoms with van der Waals surface area (Å²) in [5.74, 6) is 4.47. The van der Waals surface area contributed by atoms with Crippen LogP contribution in [0.2, 0.25) is 0 Å². The summed E-state index contributed by atoms with van der Waals surface area (Å²) in [6.07, 6.45) is 0.389. The van der Waals surface area contributed by atoms with Gasteiger partial charge in [-0.3, -0.25) is 0 Å². The highest BCUT2D eigenvalue weighted by molar-refractivity contribution is 9.10. The molecule has 0 aliphatic heterocycles. The highest BCUT2D eigenvalue weighted by Crippen LogP contribution is 2.26. The second kappa shape index (κ2) is 6.73. The molecule has 0 heterocycles. The van der Waals surface area contributed by atoms with Crippen molar-refractivity contribution in [3.63, 3.8) is 0 Å². The van der Waals surface area contributed by atoms with Crippen molar-refractivity contribution in [3.05, 3.63) is 33.8 Å². The molecule has 1 aromatic carbocycles. The largest absolute Gasteiger partial charge is 0.309 e. The topological polar surface area (TPSA) is 12.0 Å². The molecule has 0 fully saturated rings. The normalized spacial score (nSPS) is 11.8. The Hall–Kier alpha value is -0.920. The monoisotopic (exact) mass is 301 g/mol. The van der Waals surface area contributed by atoms with Crippen LogP contribution in [0.15, 0.2) is 16.6 Å². The van der Waals surface area contributed by atoms with Gasteiger partial charge >= 0.3 is 0 Å². The molecule has 0 radical (unpaired) electrons. The molecule has 0 saturated carbocycles. The van der Waals surface area contributed by atoms with Gasteiger partial charge in [-0.25, -0.2) is 8.78 Å². The summed E-state index contributed by atoms with van der Waals surface area (Å²) < 4.78 is 27.9.